The van der Waals surface area contributed by atoms with Crippen molar-refractivity contribution in [3.05, 3.63) is 39.4 Å². The lowest BCUT2D eigenvalue weighted by Crippen LogP contribution is -2.49. The summed E-state index contributed by atoms with van der Waals surface area (Å²) < 4.78 is 16.1. The molecule has 6 nitrogen and oxygen atoms in total. The maximum Gasteiger partial charge on any atom is 0.276 e. The second-order valence-corrected chi connectivity index (χ2v) is 8.18. The lowest BCUT2D eigenvalue weighted by atomic mass is 9.98. The molecule has 3 atom stereocenters. The molecular formula is C21H28ClFN4O2. The number of nitrogens with one attached hydrogen (secondary N) is 1. The van der Waals surface area contributed by atoms with Crippen LogP contribution in [0.5, 0.6) is 0 Å². The number of carbonyl (C=O) groups excluding carboxylic acids is 1. The molecule has 1 aromatic heterocycles. The Kier molecular flexibility index (Phi) is 6.29. The van der Waals surface area contributed by atoms with Crippen molar-refractivity contribution in [1.82, 2.24) is 20.0 Å². The smallest absolute Gasteiger partial charge is 0.276 e. The Morgan fingerprint density at radius 3 is 2.55 bits per heavy atom. The van der Waals surface area contributed by atoms with Crippen LogP contribution < -0.4 is 10.7 Å². The van der Waals surface area contributed by atoms with Gasteiger partial charge in [0, 0.05) is 24.7 Å². The summed E-state index contributed by atoms with van der Waals surface area (Å²) in [4.78, 5) is 28.3. The molecule has 0 saturated carbocycles. The summed E-state index contributed by atoms with van der Waals surface area (Å²) >= 11 is 0. The molecule has 2 saturated heterocycles. The van der Waals surface area contributed by atoms with Crippen LogP contribution in [-0.2, 0) is 6.54 Å². The number of hydrogen-bond acceptors (Lipinski definition) is 4. The van der Waals surface area contributed by atoms with Gasteiger partial charge in [-0.1, -0.05) is 13.0 Å². The summed E-state index contributed by atoms with van der Waals surface area (Å²) in [5.41, 5.74) is 0.405. The average molecular weight is 423 g/mol. The van der Waals surface area contributed by atoms with E-state index in [1.54, 1.807) is 10.7 Å². The summed E-state index contributed by atoms with van der Waals surface area (Å²) in [6.07, 6.45) is 4.82. The number of hydrogen-bond donors (Lipinski definition) is 1. The van der Waals surface area contributed by atoms with Crippen LogP contribution in [0.15, 0.2) is 16.9 Å². The molecule has 29 heavy (non-hydrogen) atoms. The number of rotatable bonds is 4. The van der Waals surface area contributed by atoms with Crippen LogP contribution in [0.2, 0.25) is 0 Å². The van der Waals surface area contributed by atoms with Crippen LogP contribution in [0.3, 0.4) is 0 Å². The highest BCUT2D eigenvalue weighted by molar-refractivity contribution is 5.96. The molecule has 2 aromatic rings. The van der Waals surface area contributed by atoms with E-state index in [0.717, 1.165) is 37.7 Å². The summed E-state index contributed by atoms with van der Waals surface area (Å²) in [5.74, 6) is -1.10. The number of piperidine rings is 1. The van der Waals surface area contributed by atoms with Gasteiger partial charge in [0.2, 0.25) is 5.43 Å². The first kappa shape index (κ1) is 21.7. The van der Waals surface area contributed by atoms with Crippen molar-refractivity contribution in [2.24, 2.45) is 0 Å². The number of amides is 1. The Hall–Kier alpha value is -1.99. The Balaban J connectivity index is 0.00000240. The fourth-order valence-corrected chi connectivity index (χ4v) is 4.86. The minimum atomic E-state index is -0.628. The number of nitrogens with zero attached hydrogens (tertiary/aromatic N) is 3. The molecule has 8 heteroatoms. The average Bonchev–Trinajstić information content (AvgIpc) is 2.87. The van der Waals surface area contributed by atoms with Gasteiger partial charge in [0.05, 0.1) is 10.9 Å². The Morgan fingerprint density at radius 2 is 1.93 bits per heavy atom. The van der Waals surface area contributed by atoms with Gasteiger partial charge >= 0.3 is 0 Å². The zero-order chi connectivity index (χ0) is 20.0. The lowest BCUT2D eigenvalue weighted by molar-refractivity contribution is 0.0874. The van der Waals surface area contributed by atoms with Crippen molar-refractivity contribution in [2.75, 3.05) is 7.05 Å². The van der Waals surface area contributed by atoms with E-state index in [-0.39, 0.29) is 29.5 Å². The van der Waals surface area contributed by atoms with E-state index >= 15 is 0 Å². The molecule has 1 aromatic carbocycles. The first-order valence-corrected chi connectivity index (χ1v) is 10.1. The number of aromatic nitrogens is 2. The number of aryl methyl sites for hydroxylation is 2. The molecule has 0 spiro atoms. The molecule has 158 valence electrons. The van der Waals surface area contributed by atoms with Gasteiger partial charge in [0.1, 0.15) is 5.82 Å². The van der Waals surface area contributed by atoms with E-state index in [0.29, 0.717) is 24.1 Å². The van der Waals surface area contributed by atoms with E-state index in [4.69, 9.17) is 0 Å². The van der Waals surface area contributed by atoms with Gasteiger partial charge in [-0.05, 0) is 57.7 Å². The SMILES string of the molecule is CCCn1nc(C(=O)N[C@H]2C[C@H]3CC[C@@H](C2)N3C)c(=O)c2c(F)ccc(C)c21.Cl. The Morgan fingerprint density at radius 1 is 1.28 bits per heavy atom. The minimum absolute atomic E-state index is 0. The predicted molar refractivity (Wildman–Crippen MR) is 113 cm³/mol. The predicted octanol–water partition coefficient (Wildman–Crippen LogP) is 3.03. The number of fused-ring (bicyclic) bond motifs is 3. The van der Waals surface area contributed by atoms with Crippen LogP contribution in [0.25, 0.3) is 10.9 Å². The highest BCUT2D eigenvalue weighted by Crippen LogP contribution is 2.34. The van der Waals surface area contributed by atoms with Crippen molar-refractivity contribution >= 4 is 29.2 Å². The third-order valence-electron chi connectivity index (χ3n) is 6.33. The third-order valence-corrected chi connectivity index (χ3v) is 6.33. The van der Waals surface area contributed by atoms with E-state index in [1.807, 2.05) is 13.8 Å². The third kappa shape index (κ3) is 3.78. The Labute approximate surface area is 175 Å². The maximum atomic E-state index is 14.5. The van der Waals surface area contributed by atoms with Crippen LogP contribution in [0.4, 0.5) is 4.39 Å². The normalized spacial score (nSPS) is 23.8. The number of benzene rings is 1. The van der Waals surface area contributed by atoms with E-state index in [1.165, 1.54) is 6.07 Å². The van der Waals surface area contributed by atoms with E-state index < -0.39 is 17.2 Å². The van der Waals surface area contributed by atoms with Crippen molar-refractivity contribution in [2.45, 2.75) is 70.6 Å². The summed E-state index contributed by atoms with van der Waals surface area (Å²) in [6.45, 7) is 4.32. The van der Waals surface area contributed by atoms with Gasteiger partial charge in [-0.2, -0.15) is 5.10 Å². The Bertz CT molecular complexity index is 979. The van der Waals surface area contributed by atoms with Crippen LogP contribution in [-0.4, -0.2) is 45.8 Å². The van der Waals surface area contributed by atoms with Crippen molar-refractivity contribution in [1.29, 1.82) is 0 Å². The second kappa shape index (κ2) is 8.40. The summed E-state index contributed by atoms with van der Waals surface area (Å²) in [5, 5.41) is 7.30. The molecule has 1 N–H and O–H groups in total. The quantitative estimate of drug-likeness (QED) is 0.822. The van der Waals surface area contributed by atoms with E-state index in [9.17, 15) is 14.0 Å². The van der Waals surface area contributed by atoms with Crippen LogP contribution in [0.1, 0.15) is 55.1 Å². The van der Waals surface area contributed by atoms with Gasteiger partial charge in [0.25, 0.3) is 5.91 Å². The minimum Gasteiger partial charge on any atom is -0.348 e. The summed E-state index contributed by atoms with van der Waals surface area (Å²) in [6, 6.07) is 3.90. The molecule has 4 rings (SSSR count). The van der Waals surface area contributed by atoms with Gasteiger partial charge in [0.15, 0.2) is 5.69 Å². The molecule has 3 heterocycles. The maximum absolute atomic E-state index is 14.5. The highest BCUT2D eigenvalue weighted by Gasteiger charge is 2.39. The van der Waals surface area contributed by atoms with Gasteiger partial charge in [-0.25, -0.2) is 4.39 Å². The van der Waals surface area contributed by atoms with Gasteiger partial charge < -0.3 is 10.2 Å². The first-order valence-electron chi connectivity index (χ1n) is 10.1. The lowest BCUT2D eigenvalue weighted by Gasteiger charge is -2.36. The fraction of sp³-hybridized carbons (Fsp3) is 0.571. The fourth-order valence-electron chi connectivity index (χ4n) is 4.86. The van der Waals surface area contributed by atoms with Gasteiger partial charge in [-0.15, -0.1) is 12.4 Å². The monoisotopic (exact) mass is 422 g/mol. The molecule has 0 aliphatic carbocycles. The number of halogens is 2. The van der Waals surface area contributed by atoms with E-state index in [2.05, 4.69) is 22.4 Å². The first-order chi connectivity index (χ1) is 13.4. The standard InChI is InChI=1S/C21H27FN4O2.ClH/c1-4-9-26-19-12(2)5-8-16(22)17(19)20(27)18(24-26)21(28)23-13-10-14-6-7-15(11-13)25(14)3;/h5,8,13-15H,4,6-7,9-11H2,1-3H3,(H,23,28);1H/t13-,14+,15-;. The molecule has 2 aliphatic heterocycles. The molecule has 2 fully saturated rings. The molecule has 1 amide bonds. The van der Waals surface area contributed by atoms with Crippen molar-refractivity contribution in [3.63, 3.8) is 0 Å². The molecule has 2 aliphatic rings. The molecule has 2 bridgehead atoms. The molecule has 0 radical (unpaired) electrons. The van der Waals surface area contributed by atoms with Crippen LogP contribution >= 0.6 is 12.4 Å². The number of carbonyl (C=O) groups is 1. The second-order valence-electron chi connectivity index (χ2n) is 8.18. The largest absolute Gasteiger partial charge is 0.348 e. The molecule has 0 unspecified atom stereocenters. The zero-order valence-electron chi connectivity index (χ0n) is 17.1. The van der Waals surface area contributed by atoms with Crippen LogP contribution in [0, 0.1) is 12.7 Å². The van der Waals surface area contributed by atoms with Crippen molar-refractivity contribution in [3.8, 4) is 0 Å². The van der Waals surface area contributed by atoms with Gasteiger partial charge in [-0.3, -0.25) is 14.3 Å². The highest BCUT2D eigenvalue weighted by atomic mass is 35.5. The summed E-state index contributed by atoms with van der Waals surface area (Å²) in [7, 11) is 2.14. The molecular weight excluding hydrogens is 395 g/mol. The van der Waals surface area contributed by atoms with Crippen molar-refractivity contribution < 1.29 is 9.18 Å². The zero-order valence-corrected chi connectivity index (χ0v) is 17.9. The topological polar surface area (TPSA) is 67.2 Å².